The van der Waals surface area contributed by atoms with Gasteiger partial charge < -0.3 is 24.3 Å². The lowest BCUT2D eigenvalue weighted by molar-refractivity contribution is 0.104. The van der Waals surface area contributed by atoms with Gasteiger partial charge in [-0.25, -0.2) is 0 Å². The van der Waals surface area contributed by atoms with Gasteiger partial charge in [0.15, 0.2) is 17.3 Å². The van der Waals surface area contributed by atoms with Crippen molar-refractivity contribution in [1.29, 1.82) is 0 Å². The normalized spacial score (nSPS) is 10.9. The zero-order valence-corrected chi connectivity index (χ0v) is 21.5. The van der Waals surface area contributed by atoms with Gasteiger partial charge in [0.05, 0.1) is 28.4 Å². The summed E-state index contributed by atoms with van der Waals surface area (Å²) in [6.07, 6.45) is 7.69. The molecule has 0 fully saturated rings. The topological polar surface area (TPSA) is 95.5 Å². The van der Waals surface area contributed by atoms with Crippen molar-refractivity contribution in [2.24, 2.45) is 5.18 Å². The number of allylic oxidation sites excluding steroid dienone is 1. The molecule has 192 valence electrons. The number of rotatable bonds is 12. The third-order valence-corrected chi connectivity index (χ3v) is 5.71. The number of nitroso groups, excluding NO2 is 1. The highest BCUT2D eigenvalue weighted by Crippen LogP contribution is 2.39. The minimum Gasteiger partial charge on any atom is -0.496 e. The fourth-order valence-corrected chi connectivity index (χ4v) is 3.75. The number of nitrogens with one attached hydrogen (secondary N) is 1. The highest BCUT2D eigenvalue weighted by Gasteiger charge is 2.13. The summed E-state index contributed by atoms with van der Waals surface area (Å²) in [4.78, 5) is 23.1. The Balaban J connectivity index is 1.92. The van der Waals surface area contributed by atoms with Crippen LogP contribution in [0.3, 0.4) is 0 Å². The molecule has 0 spiro atoms. The molecule has 0 aliphatic rings. The Hall–Kier alpha value is -4.59. The molecule has 0 amide bonds. The second-order valence-corrected chi connectivity index (χ2v) is 7.88. The number of nitrogens with zero attached hydrogens (tertiary/aromatic N) is 1. The first kappa shape index (κ1) is 27.0. The second-order valence-electron chi connectivity index (χ2n) is 7.88. The molecule has 8 nitrogen and oxygen atoms in total. The SMILES string of the molecule is CCc1cc(/C=C\c2cc(OC)c(OC)c(OC)c2)c(N/C=C\C(=O)c2ccc(N=O)cc2)cc1OC. The molecule has 3 aromatic rings. The van der Waals surface area contributed by atoms with E-state index in [0.717, 1.165) is 34.5 Å². The smallest absolute Gasteiger partial charge is 0.203 e. The molecule has 0 bridgehead atoms. The van der Waals surface area contributed by atoms with Crippen molar-refractivity contribution in [3.8, 4) is 23.0 Å². The van der Waals surface area contributed by atoms with E-state index >= 15 is 0 Å². The van der Waals surface area contributed by atoms with Crippen LogP contribution in [0.2, 0.25) is 0 Å². The van der Waals surface area contributed by atoms with E-state index in [9.17, 15) is 9.70 Å². The predicted molar refractivity (Wildman–Crippen MR) is 146 cm³/mol. The number of carbonyl (C=O) groups excluding carboxylic acids is 1. The lowest BCUT2D eigenvalue weighted by atomic mass is 10.0. The van der Waals surface area contributed by atoms with Crippen LogP contribution in [-0.2, 0) is 6.42 Å². The fourth-order valence-electron chi connectivity index (χ4n) is 3.75. The minimum atomic E-state index is -0.211. The van der Waals surface area contributed by atoms with Gasteiger partial charge in [-0.3, -0.25) is 4.79 Å². The van der Waals surface area contributed by atoms with Gasteiger partial charge in [-0.05, 0) is 70.8 Å². The first-order chi connectivity index (χ1) is 18.0. The largest absolute Gasteiger partial charge is 0.496 e. The molecule has 0 heterocycles. The fraction of sp³-hybridized carbons (Fsp3) is 0.207. The van der Waals surface area contributed by atoms with Crippen LogP contribution in [0, 0.1) is 4.91 Å². The van der Waals surface area contributed by atoms with Crippen molar-refractivity contribution in [3.63, 3.8) is 0 Å². The molecule has 0 atom stereocenters. The van der Waals surface area contributed by atoms with E-state index < -0.39 is 0 Å². The maximum absolute atomic E-state index is 12.5. The number of hydrogen-bond donors (Lipinski definition) is 1. The summed E-state index contributed by atoms with van der Waals surface area (Å²) in [5.41, 5.74) is 4.26. The van der Waals surface area contributed by atoms with Gasteiger partial charge in [0.1, 0.15) is 11.4 Å². The Kier molecular flexibility index (Phi) is 9.43. The summed E-state index contributed by atoms with van der Waals surface area (Å²) in [5.74, 6) is 2.17. The van der Waals surface area contributed by atoms with Crippen molar-refractivity contribution in [2.75, 3.05) is 33.8 Å². The van der Waals surface area contributed by atoms with E-state index in [1.54, 1.807) is 46.8 Å². The van der Waals surface area contributed by atoms with E-state index in [2.05, 4.69) is 17.4 Å². The number of anilines is 1. The maximum Gasteiger partial charge on any atom is 0.203 e. The van der Waals surface area contributed by atoms with E-state index in [1.165, 1.54) is 18.2 Å². The summed E-state index contributed by atoms with van der Waals surface area (Å²) in [5, 5.41) is 6.04. The quantitative estimate of drug-likeness (QED) is 0.128. The second kappa shape index (κ2) is 12.9. The average molecular weight is 503 g/mol. The summed E-state index contributed by atoms with van der Waals surface area (Å²) < 4.78 is 21.9. The van der Waals surface area contributed by atoms with Gasteiger partial charge in [-0.2, -0.15) is 0 Å². The number of hydrogen-bond acceptors (Lipinski definition) is 8. The van der Waals surface area contributed by atoms with Crippen LogP contribution in [0.5, 0.6) is 23.0 Å². The van der Waals surface area contributed by atoms with Crippen LogP contribution in [0.1, 0.15) is 34.0 Å². The van der Waals surface area contributed by atoms with E-state index in [0.29, 0.717) is 22.8 Å². The highest BCUT2D eigenvalue weighted by molar-refractivity contribution is 6.04. The zero-order chi connectivity index (χ0) is 26.8. The monoisotopic (exact) mass is 502 g/mol. The van der Waals surface area contributed by atoms with Crippen molar-refractivity contribution in [1.82, 2.24) is 0 Å². The van der Waals surface area contributed by atoms with Crippen molar-refractivity contribution < 1.29 is 23.7 Å². The third kappa shape index (κ3) is 6.55. The van der Waals surface area contributed by atoms with Crippen molar-refractivity contribution >= 4 is 29.3 Å². The summed E-state index contributed by atoms with van der Waals surface area (Å²) in [7, 11) is 6.34. The number of carbonyl (C=O) groups is 1. The molecule has 3 aromatic carbocycles. The van der Waals surface area contributed by atoms with E-state index in [4.69, 9.17) is 18.9 Å². The zero-order valence-electron chi connectivity index (χ0n) is 21.5. The molecule has 0 aliphatic carbocycles. The number of aryl methyl sites for hydroxylation is 1. The minimum absolute atomic E-state index is 0.211. The van der Waals surface area contributed by atoms with Gasteiger partial charge in [0, 0.05) is 29.6 Å². The number of benzene rings is 3. The molecule has 0 aromatic heterocycles. The lowest BCUT2D eigenvalue weighted by Gasteiger charge is -2.14. The van der Waals surface area contributed by atoms with Crippen LogP contribution >= 0.6 is 0 Å². The Morgan fingerprint density at radius 2 is 1.51 bits per heavy atom. The Morgan fingerprint density at radius 3 is 2.05 bits per heavy atom. The van der Waals surface area contributed by atoms with Crippen LogP contribution in [0.15, 0.2) is 66.0 Å². The summed E-state index contributed by atoms with van der Waals surface area (Å²) in [6, 6.07) is 13.8. The third-order valence-electron chi connectivity index (χ3n) is 5.71. The molecule has 0 radical (unpaired) electrons. The lowest BCUT2D eigenvalue weighted by Crippen LogP contribution is -1.99. The van der Waals surface area contributed by atoms with Crippen LogP contribution < -0.4 is 24.3 Å². The summed E-state index contributed by atoms with van der Waals surface area (Å²) in [6.45, 7) is 2.06. The van der Waals surface area contributed by atoms with E-state index in [-0.39, 0.29) is 11.5 Å². The first-order valence-electron chi connectivity index (χ1n) is 11.6. The van der Waals surface area contributed by atoms with Gasteiger partial charge in [0.25, 0.3) is 0 Å². The van der Waals surface area contributed by atoms with Crippen LogP contribution in [0.25, 0.3) is 12.2 Å². The molecule has 0 aliphatic heterocycles. The van der Waals surface area contributed by atoms with Crippen LogP contribution in [-0.4, -0.2) is 34.2 Å². The van der Waals surface area contributed by atoms with E-state index in [1.807, 2.05) is 36.4 Å². The van der Waals surface area contributed by atoms with Crippen LogP contribution in [0.4, 0.5) is 11.4 Å². The molecule has 0 saturated carbocycles. The number of ether oxygens (including phenoxy) is 4. The molecule has 37 heavy (non-hydrogen) atoms. The van der Waals surface area contributed by atoms with Gasteiger partial charge in [0.2, 0.25) is 5.75 Å². The molecule has 3 rings (SSSR count). The average Bonchev–Trinajstić information content (AvgIpc) is 2.95. The number of ketones is 1. The van der Waals surface area contributed by atoms with Gasteiger partial charge >= 0.3 is 0 Å². The molecule has 0 saturated heterocycles. The predicted octanol–water partition coefficient (Wildman–Crippen LogP) is 6.66. The van der Waals surface area contributed by atoms with Crippen molar-refractivity contribution in [3.05, 3.63) is 88.0 Å². The Bertz CT molecular complexity index is 1290. The summed E-state index contributed by atoms with van der Waals surface area (Å²) >= 11 is 0. The Morgan fingerprint density at radius 1 is 0.865 bits per heavy atom. The highest BCUT2D eigenvalue weighted by atomic mass is 16.5. The molecule has 1 N–H and O–H groups in total. The Labute approximate surface area is 216 Å². The van der Waals surface area contributed by atoms with Gasteiger partial charge in [-0.15, -0.1) is 4.91 Å². The standard InChI is InChI=1S/C29H30N2O6/c1-6-20-17-22(8-7-19-15-27(35-3)29(37-5)28(16-19)36-4)24(18-26(20)34-2)30-14-13-25(32)21-9-11-23(31-33)12-10-21/h7-18,30H,6H2,1-5H3/b8-7-,14-13-. The first-order valence-corrected chi connectivity index (χ1v) is 11.6. The van der Waals surface area contributed by atoms with Gasteiger partial charge in [-0.1, -0.05) is 19.1 Å². The van der Waals surface area contributed by atoms with Crippen molar-refractivity contribution in [2.45, 2.75) is 13.3 Å². The molecule has 8 heteroatoms. The maximum atomic E-state index is 12.5. The molecule has 0 unspecified atom stereocenters. The molecular formula is C29H30N2O6. The molecular weight excluding hydrogens is 472 g/mol. The number of methoxy groups -OCH3 is 4.